The van der Waals surface area contributed by atoms with Gasteiger partial charge in [0.25, 0.3) is 0 Å². The van der Waals surface area contributed by atoms with Crippen LogP contribution in [0.2, 0.25) is 0 Å². The predicted molar refractivity (Wildman–Crippen MR) is 185 cm³/mol. The molecule has 8 nitrogen and oxygen atoms in total. The highest BCUT2D eigenvalue weighted by Gasteiger charge is 2.26. The number of carboxylic acid groups (broad SMARTS) is 1. The molecular weight excluding hydrogens is 554 g/mol. The third kappa shape index (κ3) is 26.7. The van der Waals surface area contributed by atoms with Gasteiger partial charge in [-0.05, 0) is 64.1 Å². The van der Waals surface area contributed by atoms with Crippen LogP contribution < -0.4 is 11.1 Å². The molecular formula is C36H73N3O5. The Labute approximate surface area is 272 Å². The van der Waals surface area contributed by atoms with Gasteiger partial charge < -0.3 is 20.9 Å². The second-order valence-corrected chi connectivity index (χ2v) is 12.6. The number of rotatable bonds is 29. The molecule has 0 aliphatic carbocycles. The third-order valence-electron chi connectivity index (χ3n) is 7.95. The molecule has 0 aliphatic rings. The lowest BCUT2D eigenvalue weighted by Crippen LogP contribution is -2.44. The van der Waals surface area contributed by atoms with E-state index >= 15 is 0 Å². The number of unbranched alkanes of at least 4 members (excludes halogenated alkanes) is 13. The number of nitrogens with one attached hydrogen (secondary N) is 1. The summed E-state index contributed by atoms with van der Waals surface area (Å²) in [7, 11) is 0. The lowest BCUT2D eigenvalue weighted by Gasteiger charge is -2.30. The number of hydrogen-bond donors (Lipinski definition) is 3. The van der Waals surface area contributed by atoms with E-state index < -0.39 is 12.0 Å². The molecule has 0 aromatic carbocycles. The molecule has 1 amide bonds. The number of amides is 1. The molecule has 0 aromatic heterocycles. The maximum atomic E-state index is 12.5. The zero-order chi connectivity index (χ0) is 33.4. The first kappa shape index (κ1) is 44.5. The summed E-state index contributed by atoms with van der Waals surface area (Å²) in [6.07, 6.45) is 22.4. The zero-order valence-corrected chi connectivity index (χ0v) is 29.8. The van der Waals surface area contributed by atoms with Gasteiger partial charge in [0.1, 0.15) is 12.1 Å². The molecule has 0 heterocycles. The maximum Gasteiger partial charge on any atom is 0.326 e. The van der Waals surface area contributed by atoms with Crippen molar-refractivity contribution in [2.75, 3.05) is 26.2 Å². The number of nitrogens with zero attached hydrogens (tertiary/aromatic N) is 1. The summed E-state index contributed by atoms with van der Waals surface area (Å²) in [5, 5.41) is 11.6. The van der Waals surface area contributed by atoms with Crippen LogP contribution in [0.5, 0.6) is 0 Å². The average Bonchev–Trinajstić information content (AvgIpc) is 2.99. The summed E-state index contributed by atoms with van der Waals surface area (Å²) in [5.41, 5.74) is 5.67. The van der Waals surface area contributed by atoms with Crippen molar-refractivity contribution in [3.63, 3.8) is 0 Å². The summed E-state index contributed by atoms with van der Waals surface area (Å²) in [6, 6.07) is -0.875. The molecule has 44 heavy (non-hydrogen) atoms. The molecule has 0 aliphatic heterocycles. The topological polar surface area (TPSA) is 122 Å². The highest BCUT2D eigenvalue weighted by Crippen LogP contribution is 2.14. The van der Waals surface area contributed by atoms with Crippen LogP contribution in [0.4, 0.5) is 0 Å². The fraction of sp³-hybridized carbons (Fsp3) is 0.917. The molecule has 0 saturated carbocycles. The van der Waals surface area contributed by atoms with Crippen molar-refractivity contribution in [2.24, 2.45) is 11.7 Å². The van der Waals surface area contributed by atoms with Gasteiger partial charge in [-0.25, -0.2) is 4.79 Å². The van der Waals surface area contributed by atoms with Gasteiger partial charge in [-0.3, -0.25) is 14.5 Å². The number of carboxylic acids is 1. The Morgan fingerprint density at radius 2 is 1.18 bits per heavy atom. The minimum Gasteiger partial charge on any atom is -0.480 e. The first-order valence-electron chi connectivity index (χ1n) is 18.3. The Morgan fingerprint density at radius 3 is 1.66 bits per heavy atom. The summed E-state index contributed by atoms with van der Waals surface area (Å²) in [4.78, 5) is 37.5. The molecule has 2 unspecified atom stereocenters. The number of carbonyl (C=O) groups excluding carboxylic acids is 2. The van der Waals surface area contributed by atoms with Gasteiger partial charge in [-0.2, -0.15) is 0 Å². The van der Waals surface area contributed by atoms with Crippen LogP contribution in [0, 0.1) is 5.92 Å². The van der Waals surface area contributed by atoms with Crippen LogP contribution in [0.1, 0.15) is 170 Å². The Bertz CT molecular complexity index is 674. The van der Waals surface area contributed by atoms with E-state index in [4.69, 9.17) is 15.6 Å². The molecule has 262 valence electrons. The zero-order valence-electron chi connectivity index (χ0n) is 29.8. The number of nitrogens with two attached hydrogens (primary N) is 1. The quantitative estimate of drug-likeness (QED) is 0.0564. The fourth-order valence-corrected chi connectivity index (χ4v) is 5.14. The van der Waals surface area contributed by atoms with E-state index in [1.165, 1.54) is 83.5 Å². The number of hydrogen-bond acceptors (Lipinski definition) is 6. The van der Waals surface area contributed by atoms with Crippen LogP contribution in [-0.2, 0) is 19.1 Å². The van der Waals surface area contributed by atoms with Crippen LogP contribution in [-0.4, -0.2) is 66.2 Å². The normalized spacial score (nSPS) is 12.5. The molecule has 8 heteroatoms. The third-order valence-corrected chi connectivity index (χ3v) is 7.95. The van der Waals surface area contributed by atoms with Crippen molar-refractivity contribution in [1.29, 1.82) is 0 Å². The van der Waals surface area contributed by atoms with Crippen molar-refractivity contribution >= 4 is 17.8 Å². The van der Waals surface area contributed by atoms with Gasteiger partial charge in [0.05, 0.1) is 6.61 Å². The van der Waals surface area contributed by atoms with Gasteiger partial charge in [-0.1, -0.05) is 125 Å². The van der Waals surface area contributed by atoms with Crippen molar-refractivity contribution in [2.45, 2.75) is 182 Å². The van der Waals surface area contributed by atoms with E-state index in [1.807, 2.05) is 6.92 Å². The molecule has 4 N–H and O–H groups in total. The Kier molecular flexibility index (Phi) is 33.1. The van der Waals surface area contributed by atoms with E-state index in [1.54, 1.807) is 13.8 Å². The van der Waals surface area contributed by atoms with Crippen LogP contribution >= 0.6 is 0 Å². The van der Waals surface area contributed by atoms with Gasteiger partial charge in [0.15, 0.2) is 0 Å². The lowest BCUT2D eigenvalue weighted by molar-refractivity contribution is -0.150. The SMILES string of the molecule is CCCCCCCCCCCC(=O)NC(C(=O)O)C(C)C.CCCCCCN(CCCCC)C(CCCN)C(=O)OCCC. The summed E-state index contributed by atoms with van der Waals surface area (Å²) < 4.78 is 5.44. The number of carbonyl (C=O) groups is 3. The van der Waals surface area contributed by atoms with E-state index in [9.17, 15) is 14.4 Å². The summed E-state index contributed by atoms with van der Waals surface area (Å²) >= 11 is 0. The van der Waals surface area contributed by atoms with Crippen molar-refractivity contribution < 1.29 is 24.2 Å². The second-order valence-electron chi connectivity index (χ2n) is 12.6. The van der Waals surface area contributed by atoms with E-state index in [-0.39, 0.29) is 23.8 Å². The maximum absolute atomic E-state index is 12.5. The predicted octanol–water partition coefficient (Wildman–Crippen LogP) is 8.25. The van der Waals surface area contributed by atoms with Gasteiger partial charge in [0.2, 0.25) is 5.91 Å². The number of ether oxygens (including phenoxy) is 1. The molecule has 0 radical (unpaired) electrons. The number of esters is 1. The second kappa shape index (κ2) is 32.7. The molecule has 0 aromatic rings. The summed E-state index contributed by atoms with van der Waals surface area (Å²) in [6.45, 7) is 15.5. The Balaban J connectivity index is 0. The molecule has 0 bridgehead atoms. The average molecular weight is 628 g/mol. The van der Waals surface area contributed by atoms with Crippen LogP contribution in [0.3, 0.4) is 0 Å². The van der Waals surface area contributed by atoms with E-state index in [0.717, 1.165) is 51.6 Å². The van der Waals surface area contributed by atoms with Gasteiger partial charge >= 0.3 is 11.9 Å². The van der Waals surface area contributed by atoms with Gasteiger partial charge in [-0.15, -0.1) is 0 Å². The first-order valence-corrected chi connectivity index (χ1v) is 18.3. The molecule has 0 fully saturated rings. The summed E-state index contributed by atoms with van der Waals surface area (Å²) in [5.74, 6) is -1.23. The molecule has 2 atom stereocenters. The van der Waals surface area contributed by atoms with Crippen molar-refractivity contribution in [1.82, 2.24) is 10.2 Å². The van der Waals surface area contributed by atoms with Crippen molar-refractivity contribution in [3.8, 4) is 0 Å². The first-order chi connectivity index (χ1) is 21.2. The van der Waals surface area contributed by atoms with E-state index in [0.29, 0.717) is 19.6 Å². The minimum atomic E-state index is -0.953. The monoisotopic (exact) mass is 628 g/mol. The largest absolute Gasteiger partial charge is 0.480 e. The molecule has 0 saturated heterocycles. The fourth-order valence-electron chi connectivity index (χ4n) is 5.14. The highest BCUT2D eigenvalue weighted by atomic mass is 16.5. The lowest BCUT2D eigenvalue weighted by atomic mass is 10.0. The highest BCUT2D eigenvalue weighted by molar-refractivity contribution is 5.83. The molecule has 0 spiro atoms. The smallest absolute Gasteiger partial charge is 0.326 e. The Morgan fingerprint density at radius 1 is 0.705 bits per heavy atom. The van der Waals surface area contributed by atoms with Crippen LogP contribution in [0.25, 0.3) is 0 Å². The van der Waals surface area contributed by atoms with E-state index in [2.05, 4.69) is 31.0 Å². The van der Waals surface area contributed by atoms with Crippen LogP contribution in [0.15, 0.2) is 0 Å². The molecule has 0 rings (SSSR count). The van der Waals surface area contributed by atoms with Gasteiger partial charge in [0, 0.05) is 6.42 Å². The minimum absolute atomic E-state index is 0.0488. The standard InChI is InChI=1S/C19H40N2O2.C17H33NO3/c1-4-7-9-11-16-21(15-10-8-5-2)18(13-12-14-20)19(22)23-17-6-3;1-4-5-6-7-8-9-10-11-12-13-15(19)18-16(14(2)3)17(20)21/h18H,4-17,20H2,1-3H3;14,16H,4-13H2,1-3H3,(H,18,19)(H,20,21). The van der Waals surface area contributed by atoms with Crippen molar-refractivity contribution in [3.05, 3.63) is 0 Å². The number of aliphatic carboxylic acids is 1. The Hall–Kier alpha value is -1.67.